The van der Waals surface area contributed by atoms with Crippen molar-refractivity contribution < 1.29 is 23.0 Å². The second-order valence-electron chi connectivity index (χ2n) is 7.58. The van der Waals surface area contributed by atoms with Crippen LogP contribution in [0, 0.1) is 0 Å². The van der Waals surface area contributed by atoms with Crippen LogP contribution in [0.1, 0.15) is 37.3 Å². The molecule has 0 unspecified atom stereocenters. The highest BCUT2D eigenvalue weighted by Crippen LogP contribution is 2.25. The van der Waals surface area contributed by atoms with Gasteiger partial charge in [-0.3, -0.25) is 0 Å². The molecule has 2 rings (SSSR count). The molecule has 0 saturated heterocycles. The molecule has 2 aromatic carbocycles. The van der Waals surface area contributed by atoms with Crippen LogP contribution in [0.5, 0.6) is 11.5 Å². The summed E-state index contributed by atoms with van der Waals surface area (Å²) >= 11 is 0. The fourth-order valence-electron chi connectivity index (χ4n) is 3.39. The fourth-order valence-corrected chi connectivity index (χ4v) is 5.42. The first-order valence-corrected chi connectivity index (χ1v) is 11.8. The zero-order valence-corrected chi connectivity index (χ0v) is 19.3. The van der Waals surface area contributed by atoms with Crippen LogP contribution >= 0.6 is 0 Å². The second kappa shape index (κ2) is 11.9. The van der Waals surface area contributed by atoms with E-state index in [0.717, 1.165) is 11.1 Å². The molecule has 2 aromatic rings. The Kier molecular flexibility index (Phi) is 9.55. The quantitative estimate of drug-likeness (QED) is 0.467. The number of hydrogen-bond donors (Lipinski definition) is 1. The first kappa shape index (κ1) is 24.9. The van der Waals surface area contributed by atoms with Gasteiger partial charge in [0.05, 0.1) is 25.6 Å². The van der Waals surface area contributed by atoms with Gasteiger partial charge in [-0.15, -0.1) is 6.58 Å². The van der Waals surface area contributed by atoms with Crippen LogP contribution in [0.2, 0.25) is 0 Å². The van der Waals surface area contributed by atoms with Crippen LogP contribution in [-0.4, -0.2) is 43.4 Å². The Hall–Kier alpha value is -2.35. The van der Waals surface area contributed by atoms with Gasteiger partial charge >= 0.3 is 0 Å². The van der Waals surface area contributed by atoms with Crippen LogP contribution < -0.4 is 9.47 Å². The Morgan fingerprint density at radius 3 is 1.77 bits per heavy atom. The fraction of sp³-hybridized carbons (Fsp3) is 0.417. The molecule has 0 fully saturated rings. The molecule has 2 atom stereocenters. The maximum absolute atomic E-state index is 13.7. The van der Waals surface area contributed by atoms with Gasteiger partial charge in [0, 0.05) is 13.1 Å². The van der Waals surface area contributed by atoms with E-state index in [-0.39, 0.29) is 19.5 Å². The van der Waals surface area contributed by atoms with Gasteiger partial charge in [-0.2, -0.15) is 4.31 Å². The van der Waals surface area contributed by atoms with Crippen molar-refractivity contribution >= 4 is 10.0 Å². The molecule has 0 aliphatic heterocycles. The van der Waals surface area contributed by atoms with Gasteiger partial charge in [0.25, 0.3) is 0 Å². The molecule has 6 nitrogen and oxygen atoms in total. The Morgan fingerprint density at radius 2 is 1.42 bits per heavy atom. The molecule has 0 aromatic heterocycles. The molecule has 0 aliphatic carbocycles. The predicted molar refractivity (Wildman–Crippen MR) is 124 cm³/mol. The number of nitrogens with zero attached hydrogens (tertiary/aromatic N) is 1. The van der Waals surface area contributed by atoms with Gasteiger partial charge < -0.3 is 14.6 Å². The van der Waals surface area contributed by atoms with E-state index in [1.165, 1.54) is 4.31 Å². The summed E-state index contributed by atoms with van der Waals surface area (Å²) in [7, 11) is -0.509. The predicted octanol–water partition coefficient (Wildman–Crippen LogP) is 4.14. The van der Waals surface area contributed by atoms with Gasteiger partial charge in [-0.05, 0) is 61.6 Å². The first-order valence-electron chi connectivity index (χ1n) is 10.3. The largest absolute Gasteiger partial charge is 0.497 e. The van der Waals surface area contributed by atoms with Crippen molar-refractivity contribution in [3.8, 4) is 11.5 Å². The minimum Gasteiger partial charge on any atom is -0.497 e. The highest BCUT2D eigenvalue weighted by atomic mass is 32.2. The summed E-state index contributed by atoms with van der Waals surface area (Å²) < 4.78 is 39.2. The monoisotopic (exact) mass is 447 g/mol. The lowest BCUT2D eigenvalue weighted by Gasteiger charge is -2.28. The third kappa shape index (κ3) is 7.38. The van der Waals surface area contributed by atoms with E-state index in [1.54, 1.807) is 27.2 Å². The second-order valence-corrected chi connectivity index (χ2v) is 9.79. The number of rotatable bonds is 13. The average Bonchev–Trinajstić information content (AvgIpc) is 2.76. The van der Waals surface area contributed by atoms with E-state index in [4.69, 9.17) is 9.47 Å². The molecular weight excluding hydrogens is 414 g/mol. The van der Waals surface area contributed by atoms with E-state index in [0.29, 0.717) is 24.3 Å². The zero-order chi connectivity index (χ0) is 22.9. The standard InChI is InChI=1S/C24H33NO5S/c1-5-6-7-24(16-19(2)26)31(27,28)25(17-20-8-12-22(29-3)13-9-20)18-21-10-14-23(30-4)15-11-21/h5,8-15,19,24,26H,1,6-7,16-18H2,2-4H3/t19-,24+/m0/s1. The number of methoxy groups -OCH3 is 2. The highest BCUT2D eigenvalue weighted by molar-refractivity contribution is 7.89. The molecule has 0 saturated carbocycles. The average molecular weight is 448 g/mol. The summed E-state index contributed by atoms with van der Waals surface area (Å²) in [6.07, 6.45) is 2.15. The van der Waals surface area contributed by atoms with Crippen molar-refractivity contribution in [2.75, 3.05) is 14.2 Å². The Morgan fingerprint density at radius 1 is 0.968 bits per heavy atom. The number of allylic oxidation sites excluding steroid dienone is 1. The molecule has 31 heavy (non-hydrogen) atoms. The van der Waals surface area contributed by atoms with Gasteiger partial charge in [0.2, 0.25) is 10.0 Å². The lowest BCUT2D eigenvalue weighted by Crippen LogP contribution is -2.39. The number of ether oxygens (including phenoxy) is 2. The maximum atomic E-state index is 13.7. The van der Waals surface area contributed by atoms with Crippen LogP contribution in [0.3, 0.4) is 0 Å². The smallest absolute Gasteiger partial charge is 0.217 e. The Labute approximate surface area is 186 Å². The number of aliphatic hydroxyl groups excluding tert-OH is 1. The number of benzene rings is 2. The van der Waals surface area contributed by atoms with Gasteiger partial charge in [-0.1, -0.05) is 30.3 Å². The first-order chi connectivity index (χ1) is 14.8. The van der Waals surface area contributed by atoms with E-state index >= 15 is 0 Å². The van der Waals surface area contributed by atoms with E-state index < -0.39 is 21.4 Å². The maximum Gasteiger partial charge on any atom is 0.217 e. The number of aliphatic hydroxyl groups is 1. The summed E-state index contributed by atoms with van der Waals surface area (Å²) in [6.45, 7) is 5.78. The van der Waals surface area contributed by atoms with Crippen molar-refractivity contribution in [1.29, 1.82) is 0 Å². The summed E-state index contributed by atoms with van der Waals surface area (Å²) in [5, 5.41) is 9.23. The van der Waals surface area contributed by atoms with Gasteiger partial charge in [0.15, 0.2) is 0 Å². The topological polar surface area (TPSA) is 76.1 Å². The Bertz CT molecular complexity index is 858. The lowest BCUT2D eigenvalue weighted by atomic mass is 10.1. The molecule has 0 amide bonds. The normalized spacial score (nSPS) is 13.6. The summed E-state index contributed by atoms with van der Waals surface area (Å²) in [4.78, 5) is 0. The SMILES string of the molecule is C=CCC[C@H](C[C@H](C)O)S(=O)(=O)N(Cc1ccc(OC)cc1)Cc1ccc(OC)cc1. The van der Waals surface area contributed by atoms with Gasteiger partial charge in [0.1, 0.15) is 11.5 Å². The van der Waals surface area contributed by atoms with Crippen molar-refractivity contribution in [3.63, 3.8) is 0 Å². The molecular formula is C24H33NO5S. The molecule has 0 heterocycles. The molecule has 1 N–H and O–H groups in total. The molecule has 0 bridgehead atoms. The minimum absolute atomic E-state index is 0.178. The molecule has 0 spiro atoms. The zero-order valence-electron chi connectivity index (χ0n) is 18.5. The van der Waals surface area contributed by atoms with Crippen LogP contribution in [-0.2, 0) is 23.1 Å². The summed E-state index contributed by atoms with van der Waals surface area (Å²) in [6, 6.07) is 14.7. The summed E-state index contributed by atoms with van der Waals surface area (Å²) in [5.74, 6) is 1.43. The molecule has 7 heteroatoms. The summed E-state index contributed by atoms with van der Waals surface area (Å²) in [5.41, 5.74) is 1.72. The highest BCUT2D eigenvalue weighted by Gasteiger charge is 2.32. The van der Waals surface area contributed by atoms with Crippen molar-refractivity contribution in [2.24, 2.45) is 0 Å². The number of sulfonamides is 1. The lowest BCUT2D eigenvalue weighted by molar-refractivity contribution is 0.180. The van der Waals surface area contributed by atoms with E-state index in [2.05, 4.69) is 6.58 Å². The third-order valence-corrected chi connectivity index (χ3v) is 7.36. The number of hydrogen-bond acceptors (Lipinski definition) is 5. The molecule has 0 aliphatic rings. The minimum atomic E-state index is -3.70. The van der Waals surface area contributed by atoms with Crippen LogP contribution in [0.4, 0.5) is 0 Å². The Balaban J connectivity index is 2.37. The van der Waals surface area contributed by atoms with Crippen LogP contribution in [0.25, 0.3) is 0 Å². The third-order valence-electron chi connectivity index (χ3n) is 5.11. The van der Waals surface area contributed by atoms with Crippen molar-refractivity contribution in [1.82, 2.24) is 4.31 Å². The van der Waals surface area contributed by atoms with E-state index in [9.17, 15) is 13.5 Å². The van der Waals surface area contributed by atoms with Crippen molar-refractivity contribution in [3.05, 3.63) is 72.3 Å². The van der Waals surface area contributed by atoms with Crippen LogP contribution in [0.15, 0.2) is 61.2 Å². The van der Waals surface area contributed by atoms with Crippen molar-refractivity contribution in [2.45, 2.75) is 50.6 Å². The molecule has 0 radical (unpaired) electrons. The molecule has 170 valence electrons. The van der Waals surface area contributed by atoms with E-state index in [1.807, 2.05) is 48.5 Å². The van der Waals surface area contributed by atoms with Gasteiger partial charge in [-0.25, -0.2) is 8.42 Å².